The maximum atomic E-state index is 13.2. The van der Waals surface area contributed by atoms with E-state index >= 15 is 0 Å². The number of carbonyl (C=O) groups is 3. The van der Waals surface area contributed by atoms with E-state index in [1.54, 1.807) is 54.6 Å². The van der Waals surface area contributed by atoms with Gasteiger partial charge in [0.15, 0.2) is 0 Å². The minimum atomic E-state index is -0.944. The highest BCUT2D eigenvalue weighted by atomic mass is 16.5. The highest BCUT2D eigenvalue weighted by Gasteiger charge is 2.43. The van der Waals surface area contributed by atoms with Crippen LogP contribution in [-0.2, 0) is 19.1 Å². The van der Waals surface area contributed by atoms with Gasteiger partial charge in [0.25, 0.3) is 5.91 Å². The van der Waals surface area contributed by atoms with E-state index in [0.717, 1.165) is 12.8 Å². The molecule has 196 valence electrons. The molecule has 1 saturated heterocycles. The zero-order valence-electron chi connectivity index (χ0n) is 21.6. The van der Waals surface area contributed by atoms with Crippen LogP contribution in [-0.4, -0.2) is 50.1 Å². The normalized spacial score (nSPS) is 19.6. The first-order valence-corrected chi connectivity index (χ1v) is 12.4. The van der Waals surface area contributed by atoms with Crippen molar-refractivity contribution in [3.63, 3.8) is 0 Å². The minimum absolute atomic E-state index is 0.0293. The summed E-state index contributed by atoms with van der Waals surface area (Å²) in [5.41, 5.74) is 7.83. The lowest BCUT2D eigenvalue weighted by Gasteiger charge is -2.36. The molecule has 0 spiro atoms. The van der Waals surface area contributed by atoms with Crippen molar-refractivity contribution in [2.45, 2.75) is 25.7 Å². The number of hydrogen-bond donors (Lipinski definition) is 1. The summed E-state index contributed by atoms with van der Waals surface area (Å²) in [6.07, 6.45) is 2.06. The van der Waals surface area contributed by atoms with E-state index in [9.17, 15) is 19.6 Å². The summed E-state index contributed by atoms with van der Waals surface area (Å²) in [5.74, 6) is -2.23. The molecule has 4 rings (SSSR count). The van der Waals surface area contributed by atoms with Crippen molar-refractivity contribution >= 4 is 23.5 Å². The number of carbonyl (C=O) groups excluding carboxylic acids is 3. The lowest BCUT2D eigenvalue weighted by Crippen LogP contribution is -2.41. The largest absolute Gasteiger partial charge is 0.466 e. The van der Waals surface area contributed by atoms with E-state index < -0.39 is 17.9 Å². The number of amides is 1. The summed E-state index contributed by atoms with van der Waals surface area (Å²) < 4.78 is 10.1. The number of anilines is 1. The van der Waals surface area contributed by atoms with E-state index in [0.29, 0.717) is 35.8 Å². The first-order valence-electron chi connectivity index (χ1n) is 12.4. The van der Waals surface area contributed by atoms with Crippen LogP contribution in [0, 0.1) is 17.2 Å². The fraction of sp³-hybridized carbons (Fsp3) is 0.310. The molecule has 38 heavy (non-hydrogen) atoms. The smallest absolute Gasteiger partial charge is 0.355 e. The van der Waals surface area contributed by atoms with Gasteiger partial charge in [0.05, 0.1) is 37.4 Å². The van der Waals surface area contributed by atoms with Crippen LogP contribution in [0.3, 0.4) is 0 Å². The number of nitrogens with zero attached hydrogens (tertiary/aromatic N) is 3. The zero-order chi connectivity index (χ0) is 27.4. The average molecular weight is 515 g/mol. The van der Waals surface area contributed by atoms with Crippen molar-refractivity contribution in [1.29, 1.82) is 5.26 Å². The van der Waals surface area contributed by atoms with Crippen LogP contribution in [0.15, 0.2) is 77.3 Å². The molecule has 9 nitrogen and oxygen atoms in total. The lowest BCUT2D eigenvalue weighted by molar-refractivity contribution is -0.139. The summed E-state index contributed by atoms with van der Waals surface area (Å²) in [6, 6.07) is 17.5. The van der Waals surface area contributed by atoms with Gasteiger partial charge in [-0.25, -0.2) is 9.59 Å². The molecule has 2 aliphatic rings. The van der Waals surface area contributed by atoms with E-state index in [4.69, 9.17) is 15.2 Å². The molecule has 1 amide bonds. The highest BCUT2D eigenvalue weighted by molar-refractivity contribution is 6.06. The molecule has 2 aromatic rings. The molecule has 2 aliphatic heterocycles. The van der Waals surface area contributed by atoms with Crippen LogP contribution in [0.5, 0.6) is 0 Å². The third kappa shape index (κ3) is 4.85. The first kappa shape index (κ1) is 26.5. The number of methoxy groups -OCH3 is 2. The number of nitriles is 1. The Kier molecular flexibility index (Phi) is 7.82. The fourth-order valence-electron chi connectivity index (χ4n) is 5.09. The molecule has 0 aromatic heterocycles. The molecule has 0 aliphatic carbocycles. The molecule has 2 atom stereocenters. The number of piperidine rings is 1. The van der Waals surface area contributed by atoms with Gasteiger partial charge in [0, 0.05) is 24.3 Å². The Morgan fingerprint density at radius 3 is 2.24 bits per heavy atom. The molecule has 0 saturated carbocycles. The van der Waals surface area contributed by atoms with Gasteiger partial charge >= 0.3 is 11.9 Å². The Hall–Kier alpha value is -4.58. The van der Waals surface area contributed by atoms with Crippen molar-refractivity contribution in [2.24, 2.45) is 11.7 Å². The Labute approximate surface area is 221 Å². The third-order valence-corrected chi connectivity index (χ3v) is 6.93. The number of nitrogens with two attached hydrogens (primary N) is 1. The molecular formula is C29H30N4O5. The van der Waals surface area contributed by atoms with Crippen LogP contribution >= 0.6 is 0 Å². The summed E-state index contributed by atoms with van der Waals surface area (Å²) in [7, 11) is 2.40. The van der Waals surface area contributed by atoms with Gasteiger partial charge in [0.1, 0.15) is 11.5 Å². The molecule has 2 aromatic carbocycles. The number of likely N-dealkylation sites (tertiary alicyclic amines) is 1. The quantitative estimate of drug-likeness (QED) is 0.602. The van der Waals surface area contributed by atoms with Crippen molar-refractivity contribution < 1.29 is 23.9 Å². The van der Waals surface area contributed by atoms with Crippen LogP contribution in [0.25, 0.3) is 0 Å². The topological polar surface area (TPSA) is 126 Å². The van der Waals surface area contributed by atoms with Crippen molar-refractivity contribution in [3.05, 3.63) is 88.4 Å². The molecule has 2 unspecified atom stereocenters. The van der Waals surface area contributed by atoms with Crippen molar-refractivity contribution in [2.75, 3.05) is 32.2 Å². The maximum absolute atomic E-state index is 13.2. The molecule has 0 bridgehead atoms. The van der Waals surface area contributed by atoms with Gasteiger partial charge < -0.3 is 20.1 Å². The fourth-order valence-corrected chi connectivity index (χ4v) is 5.09. The zero-order valence-corrected chi connectivity index (χ0v) is 21.6. The monoisotopic (exact) mass is 514 g/mol. The molecule has 2 N–H and O–H groups in total. The second kappa shape index (κ2) is 11.2. The second-order valence-electron chi connectivity index (χ2n) is 9.38. The lowest BCUT2D eigenvalue weighted by atomic mass is 9.81. The Morgan fingerprint density at radius 2 is 1.66 bits per heavy atom. The van der Waals surface area contributed by atoms with Crippen LogP contribution in [0.4, 0.5) is 5.69 Å². The SMILES string of the molecule is COC(=O)C1=C(C(=O)OC)N(c2ccc(C(=O)N3CCCC(C)C3)cc2)C(N)=C(C#N)C1c1ccccc1. The molecule has 2 heterocycles. The standard InChI is InChI=1S/C29H30N4O5/c1-18-8-7-15-32(17-18)27(34)20-11-13-21(14-12-20)33-25(29(36)38-3)24(28(35)37-2)23(22(16-30)26(33)31)19-9-5-4-6-10-19/h4-6,9-14,18,23H,7-8,15,17,31H2,1-3H3. The van der Waals surface area contributed by atoms with Crippen LogP contribution in [0.2, 0.25) is 0 Å². The van der Waals surface area contributed by atoms with Gasteiger partial charge in [0.2, 0.25) is 0 Å². The average Bonchev–Trinajstić information content (AvgIpc) is 2.95. The number of rotatable bonds is 5. The number of hydrogen-bond acceptors (Lipinski definition) is 8. The molecule has 0 radical (unpaired) electrons. The number of ether oxygens (including phenoxy) is 2. The van der Waals surface area contributed by atoms with Gasteiger partial charge in [-0.1, -0.05) is 37.3 Å². The van der Waals surface area contributed by atoms with Gasteiger partial charge in [-0.3, -0.25) is 9.69 Å². The summed E-state index contributed by atoms with van der Waals surface area (Å²) >= 11 is 0. The van der Waals surface area contributed by atoms with E-state index in [1.165, 1.54) is 19.1 Å². The van der Waals surface area contributed by atoms with Crippen LogP contribution < -0.4 is 10.6 Å². The van der Waals surface area contributed by atoms with Gasteiger partial charge in [-0.15, -0.1) is 0 Å². The Balaban J connectivity index is 1.84. The second-order valence-corrected chi connectivity index (χ2v) is 9.38. The predicted molar refractivity (Wildman–Crippen MR) is 140 cm³/mol. The van der Waals surface area contributed by atoms with Crippen molar-refractivity contribution in [1.82, 2.24) is 4.90 Å². The van der Waals surface area contributed by atoms with Crippen LogP contribution in [0.1, 0.15) is 41.6 Å². The predicted octanol–water partition coefficient (Wildman–Crippen LogP) is 3.46. The summed E-state index contributed by atoms with van der Waals surface area (Å²) in [4.78, 5) is 42.5. The first-order chi connectivity index (χ1) is 18.3. The van der Waals surface area contributed by atoms with Crippen molar-refractivity contribution in [3.8, 4) is 6.07 Å². The van der Waals surface area contributed by atoms with E-state index in [1.807, 2.05) is 4.90 Å². The minimum Gasteiger partial charge on any atom is -0.466 e. The summed E-state index contributed by atoms with van der Waals surface area (Å²) in [5, 5.41) is 10.1. The van der Waals surface area contributed by atoms with Gasteiger partial charge in [-0.05, 0) is 48.6 Å². The third-order valence-electron chi connectivity index (χ3n) is 6.93. The van der Waals surface area contributed by atoms with E-state index in [-0.39, 0.29) is 28.6 Å². The Bertz CT molecular complexity index is 1340. The maximum Gasteiger partial charge on any atom is 0.355 e. The highest BCUT2D eigenvalue weighted by Crippen LogP contribution is 2.43. The molecule has 9 heteroatoms. The summed E-state index contributed by atoms with van der Waals surface area (Å²) in [6.45, 7) is 3.53. The van der Waals surface area contributed by atoms with Gasteiger partial charge in [-0.2, -0.15) is 5.26 Å². The van der Waals surface area contributed by atoms with E-state index in [2.05, 4.69) is 13.0 Å². The molecular weight excluding hydrogens is 484 g/mol. The Morgan fingerprint density at radius 1 is 1.00 bits per heavy atom. The number of esters is 2. The molecule has 1 fully saturated rings. The number of benzene rings is 2. The number of allylic oxidation sites excluding steroid dienone is 1.